The maximum Gasteiger partial charge on any atom is 0.274 e. The van der Waals surface area contributed by atoms with Crippen molar-refractivity contribution in [1.82, 2.24) is 0 Å². The average Bonchev–Trinajstić information content (AvgIpc) is 2.98. The van der Waals surface area contributed by atoms with Crippen LogP contribution in [0.4, 0.5) is 11.4 Å². The van der Waals surface area contributed by atoms with E-state index in [4.69, 9.17) is 0 Å². The van der Waals surface area contributed by atoms with Crippen molar-refractivity contribution in [3.8, 4) is 0 Å². The number of amides is 1. The summed E-state index contributed by atoms with van der Waals surface area (Å²) in [5.74, 6) is 0.349. The second kappa shape index (κ2) is 6.42. The number of hydrogen-bond acceptors (Lipinski definition) is 4. The summed E-state index contributed by atoms with van der Waals surface area (Å²) in [4.78, 5) is 24.4. The van der Waals surface area contributed by atoms with Crippen molar-refractivity contribution in [2.75, 3.05) is 11.1 Å². The van der Waals surface area contributed by atoms with Crippen molar-refractivity contribution in [1.29, 1.82) is 0 Å². The van der Waals surface area contributed by atoms with Crippen LogP contribution in [0.3, 0.4) is 0 Å². The summed E-state index contributed by atoms with van der Waals surface area (Å²) in [6, 6.07) is 12.7. The molecule has 1 aliphatic heterocycles. The summed E-state index contributed by atoms with van der Waals surface area (Å²) in [5.41, 5.74) is 2.20. The lowest BCUT2D eigenvalue weighted by Crippen LogP contribution is -2.21. The minimum atomic E-state index is -0.408. The number of carbonyl (C=O) groups is 1. The lowest BCUT2D eigenvalue weighted by atomic mass is 10.0. The Morgan fingerprint density at radius 1 is 1.35 bits per heavy atom. The van der Waals surface area contributed by atoms with E-state index in [0.29, 0.717) is 23.4 Å². The number of nitro benzene ring substituents is 1. The number of hydrogen-bond donors (Lipinski definition) is 1. The van der Waals surface area contributed by atoms with Crippen molar-refractivity contribution < 1.29 is 9.72 Å². The van der Waals surface area contributed by atoms with Crippen LogP contribution in [0.5, 0.6) is 0 Å². The number of benzene rings is 2. The minimum absolute atomic E-state index is 0.0477. The van der Waals surface area contributed by atoms with Crippen LogP contribution in [0.1, 0.15) is 24.0 Å². The monoisotopic (exact) mass is 328 g/mol. The van der Waals surface area contributed by atoms with E-state index in [0.717, 1.165) is 10.5 Å². The molecule has 0 aliphatic carbocycles. The number of thioether (sulfide) groups is 1. The fourth-order valence-electron chi connectivity index (χ4n) is 2.72. The quantitative estimate of drug-likeness (QED) is 0.680. The molecule has 118 valence electrons. The van der Waals surface area contributed by atoms with E-state index in [9.17, 15) is 14.9 Å². The van der Waals surface area contributed by atoms with E-state index in [2.05, 4.69) is 5.32 Å². The number of carbonyl (C=O) groups excluding carboxylic acids is 1. The molecule has 1 N–H and O–H groups in total. The van der Waals surface area contributed by atoms with Crippen molar-refractivity contribution in [2.24, 2.45) is 0 Å². The first-order valence-corrected chi connectivity index (χ1v) is 8.38. The van der Waals surface area contributed by atoms with Gasteiger partial charge in [0.1, 0.15) is 0 Å². The number of aryl methyl sites for hydroxylation is 1. The standard InChI is InChI=1S/C17H16N2O3S/c1-2-11-7-8-12(9-15(11)19(21)22)18-17(20)14-10-23-16-6-4-3-5-13(14)16/h3-9,14H,2,10H2,1H3,(H,18,20). The molecule has 6 heteroatoms. The Balaban J connectivity index is 1.81. The van der Waals surface area contributed by atoms with Crippen molar-refractivity contribution in [2.45, 2.75) is 24.2 Å². The molecular formula is C17H16N2O3S. The highest BCUT2D eigenvalue weighted by Crippen LogP contribution is 2.39. The molecule has 1 heterocycles. The lowest BCUT2D eigenvalue weighted by molar-refractivity contribution is -0.385. The number of fused-ring (bicyclic) bond motifs is 1. The molecule has 2 aromatic carbocycles. The van der Waals surface area contributed by atoms with Crippen molar-refractivity contribution in [3.05, 3.63) is 63.7 Å². The molecule has 1 amide bonds. The Labute approximate surface area is 138 Å². The molecule has 0 fully saturated rings. The van der Waals surface area contributed by atoms with Crippen molar-refractivity contribution in [3.63, 3.8) is 0 Å². The maximum atomic E-state index is 12.5. The number of nitrogens with one attached hydrogen (secondary N) is 1. The smallest absolute Gasteiger partial charge is 0.274 e. The Morgan fingerprint density at radius 3 is 2.87 bits per heavy atom. The molecule has 0 radical (unpaired) electrons. The third-order valence-electron chi connectivity index (χ3n) is 3.95. The molecule has 1 aliphatic rings. The third kappa shape index (κ3) is 3.07. The zero-order valence-corrected chi connectivity index (χ0v) is 13.4. The van der Waals surface area contributed by atoms with Gasteiger partial charge in [0.25, 0.3) is 5.69 Å². The third-order valence-corrected chi connectivity index (χ3v) is 5.13. The molecule has 2 aromatic rings. The van der Waals surface area contributed by atoms with E-state index >= 15 is 0 Å². The van der Waals surface area contributed by atoms with Crippen molar-refractivity contribution >= 4 is 29.0 Å². The van der Waals surface area contributed by atoms with Gasteiger partial charge in [-0.3, -0.25) is 14.9 Å². The molecule has 23 heavy (non-hydrogen) atoms. The average molecular weight is 328 g/mol. The van der Waals surface area contributed by atoms with E-state index in [1.807, 2.05) is 31.2 Å². The molecule has 1 unspecified atom stereocenters. The summed E-state index contributed by atoms with van der Waals surface area (Å²) in [6.07, 6.45) is 0.581. The lowest BCUT2D eigenvalue weighted by Gasteiger charge is -2.12. The van der Waals surface area contributed by atoms with Crippen LogP contribution in [0.2, 0.25) is 0 Å². The summed E-state index contributed by atoms with van der Waals surface area (Å²) in [7, 11) is 0. The Kier molecular flexibility index (Phi) is 4.34. The van der Waals surface area contributed by atoms with E-state index in [-0.39, 0.29) is 17.5 Å². The molecule has 1 atom stereocenters. The normalized spacial score (nSPS) is 16.0. The number of nitrogens with zero attached hydrogens (tertiary/aromatic N) is 1. The predicted octanol–water partition coefficient (Wildman–Crippen LogP) is 3.99. The van der Waals surface area contributed by atoms with Gasteiger partial charge in [0.15, 0.2) is 0 Å². The van der Waals surface area contributed by atoms with Gasteiger partial charge in [-0.15, -0.1) is 11.8 Å². The van der Waals surface area contributed by atoms with Gasteiger partial charge in [0, 0.05) is 28.0 Å². The van der Waals surface area contributed by atoms with E-state index in [1.54, 1.807) is 23.9 Å². The van der Waals surface area contributed by atoms with Crippen LogP contribution in [-0.2, 0) is 11.2 Å². The molecule has 0 saturated carbocycles. The first kappa shape index (κ1) is 15.6. The molecule has 5 nitrogen and oxygen atoms in total. The second-order valence-corrected chi connectivity index (χ2v) is 6.41. The van der Waals surface area contributed by atoms with E-state index in [1.165, 1.54) is 6.07 Å². The maximum absolute atomic E-state index is 12.5. The minimum Gasteiger partial charge on any atom is -0.325 e. The SMILES string of the molecule is CCc1ccc(NC(=O)C2CSc3ccccc32)cc1[N+](=O)[O-]. The van der Waals surface area contributed by atoms with Crippen LogP contribution in [0.15, 0.2) is 47.4 Å². The van der Waals surface area contributed by atoms with Gasteiger partial charge >= 0.3 is 0 Å². The number of anilines is 1. The van der Waals surface area contributed by atoms with Crippen LogP contribution >= 0.6 is 11.8 Å². The predicted molar refractivity (Wildman–Crippen MR) is 91.0 cm³/mol. The van der Waals surface area contributed by atoms with Crippen LogP contribution in [0.25, 0.3) is 0 Å². The van der Waals surface area contributed by atoms with Crippen LogP contribution < -0.4 is 5.32 Å². The number of nitro groups is 1. The fraction of sp³-hybridized carbons (Fsp3) is 0.235. The largest absolute Gasteiger partial charge is 0.325 e. The molecule has 0 spiro atoms. The van der Waals surface area contributed by atoms with Crippen LogP contribution in [-0.4, -0.2) is 16.6 Å². The summed E-state index contributed by atoms with van der Waals surface area (Å²) in [5, 5.41) is 13.9. The van der Waals surface area contributed by atoms with Gasteiger partial charge < -0.3 is 5.32 Å². The molecule has 0 saturated heterocycles. The van der Waals surface area contributed by atoms with Gasteiger partial charge in [-0.1, -0.05) is 31.2 Å². The first-order valence-electron chi connectivity index (χ1n) is 7.40. The fourth-order valence-corrected chi connectivity index (χ4v) is 3.95. The molecule has 0 bridgehead atoms. The van der Waals surface area contributed by atoms with Gasteiger partial charge in [0.2, 0.25) is 5.91 Å². The highest BCUT2D eigenvalue weighted by atomic mass is 32.2. The van der Waals surface area contributed by atoms with Gasteiger partial charge in [-0.2, -0.15) is 0 Å². The van der Waals surface area contributed by atoms with Crippen LogP contribution in [0, 0.1) is 10.1 Å². The Morgan fingerprint density at radius 2 is 2.13 bits per heavy atom. The van der Waals surface area contributed by atoms with Gasteiger partial charge in [0.05, 0.1) is 10.8 Å². The zero-order chi connectivity index (χ0) is 16.4. The Hall–Kier alpha value is -2.34. The topological polar surface area (TPSA) is 72.2 Å². The summed E-state index contributed by atoms with van der Waals surface area (Å²) < 4.78 is 0. The molecule has 3 rings (SSSR count). The molecule has 0 aromatic heterocycles. The second-order valence-electron chi connectivity index (χ2n) is 5.34. The van der Waals surface area contributed by atoms with Gasteiger partial charge in [-0.05, 0) is 24.1 Å². The summed E-state index contributed by atoms with van der Waals surface area (Å²) >= 11 is 1.66. The molecular weight excluding hydrogens is 312 g/mol. The highest BCUT2D eigenvalue weighted by Gasteiger charge is 2.29. The summed E-state index contributed by atoms with van der Waals surface area (Å²) in [6.45, 7) is 1.87. The van der Waals surface area contributed by atoms with Gasteiger partial charge in [-0.25, -0.2) is 0 Å². The highest BCUT2D eigenvalue weighted by molar-refractivity contribution is 7.99. The first-order chi connectivity index (χ1) is 11.1. The zero-order valence-electron chi connectivity index (χ0n) is 12.6. The number of rotatable bonds is 4. The Bertz CT molecular complexity index is 776. The van der Waals surface area contributed by atoms with E-state index < -0.39 is 4.92 Å².